The lowest BCUT2D eigenvalue weighted by Gasteiger charge is -2.33. The van der Waals surface area contributed by atoms with Crippen LogP contribution < -0.4 is 10.5 Å². The number of nitrogens with zero attached hydrogens (tertiary/aromatic N) is 1. The van der Waals surface area contributed by atoms with E-state index >= 15 is 0 Å². The van der Waals surface area contributed by atoms with Gasteiger partial charge in [-0.15, -0.1) is 0 Å². The third-order valence-corrected chi connectivity index (χ3v) is 5.14. The highest BCUT2D eigenvalue weighted by Gasteiger charge is 2.34. The molecule has 1 fully saturated rings. The van der Waals surface area contributed by atoms with Crippen LogP contribution in [-0.2, 0) is 14.8 Å². The SMILES string of the molecule is COc1cc(S(=O)(=O)N2CCOCC2CO)ccc1N. The Morgan fingerprint density at radius 2 is 2.30 bits per heavy atom. The fourth-order valence-electron chi connectivity index (χ4n) is 2.09. The van der Waals surface area contributed by atoms with Gasteiger partial charge in [0.25, 0.3) is 0 Å². The Kier molecular flexibility index (Phi) is 4.48. The second-order valence-electron chi connectivity index (χ2n) is 4.43. The van der Waals surface area contributed by atoms with Crippen molar-refractivity contribution in [1.29, 1.82) is 0 Å². The van der Waals surface area contributed by atoms with Crippen LogP contribution in [0.1, 0.15) is 0 Å². The van der Waals surface area contributed by atoms with Gasteiger partial charge in [0.05, 0.1) is 43.6 Å². The minimum Gasteiger partial charge on any atom is -0.495 e. The zero-order valence-electron chi connectivity index (χ0n) is 11.2. The zero-order chi connectivity index (χ0) is 14.8. The summed E-state index contributed by atoms with van der Waals surface area (Å²) in [6.07, 6.45) is 0. The van der Waals surface area contributed by atoms with Gasteiger partial charge in [-0.1, -0.05) is 0 Å². The second-order valence-corrected chi connectivity index (χ2v) is 6.32. The molecular formula is C12H18N2O5S. The monoisotopic (exact) mass is 302 g/mol. The highest BCUT2D eigenvalue weighted by molar-refractivity contribution is 7.89. The summed E-state index contributed by atoms with van der Waals surface area (Å²) in [6, 6.07) is 3.73. The fraction of sp³-hybridized carbons (Fsp3) is 0.500. The maximum Gasteiger partial charge on any atom is 0.243 e. The van der Waals surface area contributed by atoms with Gasteiger partial charge in [0.2, 0.25) is 10.0 Å². The van der Waals surface area contributed by atoms with Crippen molar-refractivity contribution in [3.8, 4) is 5.75 Å². The van der Waals surface area contributed by atoms with Gasteiger partial charge in [-0.05, 0) is 12.1 Å². The average molecular weight is 302 g/mol. The Morgan fingerprint density at radius 1 is 1.55 bits per heavy atom. The van der Waals surface area contributed by atoms with Crippen LogP contribution >= 0.6 is 0 Å². The largest absolute Gasteiger partial charge is 0.495 e. The van der Waals surface area contributed by atoms with Gasteiger partial charge in [-0.3, -0.25) is 0 Å². The molecule has 0 spiro atoms. The van der Waals surface area contributed by atoms with Gasteiger partial charge in [0.15, 0.2) is 0 Å². The number of rotatable bonds is 4. The van der Waals surface area contributed by atoms with Crippen LogP contribution in [0.25, 0.3) is 0 Å². The van der Waals surface area contributed by atoms with E-state index in [-0.39, 0.29) is 24.7 Å². The molecular weight excluding hydrogens is 284 g/mol. The summed E-state index contributed by atoms with van der Waals surface area (Å²) in [7, 11) is -2.29. The van der Waals surface area contributed by atoms with Crippen molar-refractivity contribution in [3.63, 3.8) is 0 Å². The molecule has 1 aromatic rings. The van der Waals surface area contributed by atoms with Gasteiger partial charge in [-0.2, -0.15) is 4.31 Å². The second kappa shape index (κ2) is 5.96. The first-order chi connectivity index (χ1) is 9.50. The Balaban J connectivity index is 2.38. The van der Waals surface area contributed by atoms with E-state index < -0.39 is 16.1 Å². The van der Waals surface area contributed by atoms with Gasteiger partial charge < -0.3 is 20.3 Å². The first-order valence-corrected chi connectivity index (χ1v) is 7.58. The minimum absolute atomic E-state index is 0.0869. The van der Waals surface area contributed by atoms with Crippen molar-refractivity contribution >= 4 is 15.7 Å². The Morgan fingerprint density at radius 3 is 2.95 bits per heavy atom. The maximum absolute atomic E-state index is 12.6. The van der Waals surface area contributed by atoms with Crippen LogP contribution in [0.15, 0.2) is 23.1 Å². The Labute approximate surface area is 117 Å². The molecule has 1 heterocycles. The van der Waals surface area contributed by atoms with E-state index in [1.54, 1.807) is 0 Å². The van der Waals surface area contributed by atoms with Gasteiger partial charge >= 0.3 is 0 Å². The van der Waals surface area contributed by atoms with Crippen LogP contribution in [0.4, 0.5) is 5.69 Å². The number of nitrogens with two attached hydrogens (primary N) is 1. The van der Waals surface area contributed by atoms with E-state index in [1.165, 1.54) is 29.6 Å². The highest BCUT2D eigenvalue weighted by atomic mass is 32.2. The molecule has 0 aromatic heterocycles. The predicted molar refractivity (Wildman–Crippen MR) is 73.0 cm³/mol. The molecule has 8 heteroatoms. The van der Waals surface area contributed by atoms with E-state index in [2.05, 4.69) is 0 Å². The molecule has 0 radical (unpaired) electrons. The van der Waals surface area contributed by atoms with Crippen molar-refractivity contribution in [1.82, 2.24) is 4.31 Å². The van der Waals surface area contributed by atoms with Crippen molar-refractivity contribution in [2.24, 2.45) is 0 Å². The molecule has 1 unspecified atom stereocenters. The summed E-state index contributed by atoms with van der Waals surface area (Å²) in [6.45, 7) is 0.412. The molecule has 7 nitrogen and oxygen atoms in total. The van der Waals surface area contributed by atoms with Crippen LogP contribution in [-0.4, -0.2) is 57.3 Å². The zero-order valence-corrected chi connectivity index (χ0v) is 12.0. The molecule has 1 aliphatic heterocycles. The van der Waals surface area contributed by atoms with Crippen LogP contribution in [0.5, 0.6) is 5.75 Å². The normalized spacial score (nSPS) is 20.8. The minimum atomic E-state index is -3.71. The molecule has 20 heavy (non-hydrogen) atoms. The van der Waals surface area contributed by atoms with Crippen molar-refractivity contribution in [3.05, 3.63) is 18.2 Å². The quantitative estimate of drug-likeness (QED) is 0.738. The summed E-state index contributed by atoms with van der Waals surface area (Å²) in [5.41, 5.74) is 6.05. The molecule has 1 saturated heterocycles. The number of sulfonamides is 1. The number of benzene rings is 1. The summed E-state index contributed by atoms with van der Waals surface area (Å²) in [5.74, 6) is 0.305. The molecule has 0 bridgehead atoms. The van der Waals surface area contributed by atoms with Crippen molar-refractivity contribution in [2.45, 2.75) is 10.9 Å². The third-order valence-electron chi connectivity index (χ3n) is 3.20. The number of ether oxygens (including phenoxy) is 2. The topological polar surface area (TPSA) is 102 Å². The first kappa shape index (κ1) is 15.0. The lowest BCUT2D eigenvalue weighted by atomic mass is 10.3. The van der Waals surface area contributed by atoms with Gasteiger partial charge in [0, 0.05) is 12.6 Å². The first-order valence-electron chi connectivity index (χ1n) is 6.14. The van der Waals surface area contributed by atoms with Crippen LogP contribution in [0, 0.1) is 0 Å². The molecule has 1 aromatic carbocycles. The number of morpholine rings is 1. The molecule has 2 rings (SSSR count). The number of aliphatic hydroxyl groups is 1. The lowest BCUT2D eigenvalue weighted by molar-refractivity contribution is 0.0109. The number of aliphatic hydroxyl groups excluding tert-OH is 1. The fourth-order valence-corrected chi connectivity index (χ4v) is 3.69. The molecule has 112 valence electrons. The Bertz CT molecular complexity index is 575. The van der Waals surface area contributed by atoms with Gasteiger partial charge in [0.1, 0.15) is 5.75 Å². The highest BCUT2D eigenvalue weighted by Crippen LogP contribution is 2.28. The molecule has 0 aliphatic carbocycles. The third kappa shape index (κ3) is 2.73. The molecule has 0 amide bonds. The van der Waals surface area contributed by atoms with Gasteiger partial charge in [-0.25, -0.2) is 8.42 Å². The maximum atomic E-state index is 12.6. The summed E-state index contributed by atoms with van der Waals surface area (Å²) in [4.78, 5) is 0.0869. The molecule has 0 saturated carbocycles. The number of anilines is 1. The van der Waals surface area contributed by atoms with Crippen LogP contribution in [0.3, 0.4) is 0 Å². The van der Waals surface area contributed by atoms with E-state index in [9.17, 15) is 13.5 Å². The average Bonchev–Trinajstić information content (AvgIpc) is 2.47. The number of nitrogen functional groups attached to an aromatic ring is 1. The van der Waals surface area contributed by atoms with E-state index in [4.69, 9.17) is 15.2 Å². The van der Waals surface area contributed by atoms with Crippen molar-refractivity contribution in [2.75, 3.05) is 39.2 Å². The Hall–Kier alpha value is -1.35. The van der Waals surface area contributed by atoms with E-state index in [1.807, 2.05) is 0 Å². The number of hydrogen-bond acceptors (Lipinski definition) is 6. The standard InChI is InChI=1S/C12H18N2O5S/c1-18-12-6-10(2-3-11(12)13)20(16,17)14-4-5-19-8-9(14)7-15/h2-3,6,9,15H,4-5,7-8,13H2,1H3. The number of methoxy groups -OCH3 is 1. The van der Waals surface area contributed by atoms with E-state index in [0.29, 0.717) is 18.0 Å². The lowest BCUT2D eigenvalue weighted by Crippen LogP contribution is -2.50. The molecule has 1 aliphatic rings. The van der Waals surface area contributed by atoms with Crippen LogP contribution in [0.2, 0.25) is 0 Å². The summed E-state index contributed by atoms with van der Waals surface area (Å²) < 4.78 is 36.7. The smallest absolute Gasteiger partial charge is 0.243 e. The summed E-state index contributed by atoms with van der Waals surface area (Å²) in [5, 5.41) is 9.29. The predicted octanol–water partition coefficient (Wildman–Crippen LogP) is -0.341. The van der Waals surface area contributed by atoms with Crippen molar-refractivity contribution < 1.29 is 23.0 Å². The van der Waals surface area contributed by atoms with E-state index in [0.717, 1.165) is 0 Å². The number of hydrogen-bond donors (Lipinski definition) is 2. The summed E-state index contributed by atoms with van der Waals surface area (Å²) >= 11 is 0. The molecule has 1 atom stereocenters. The molecule has 3 N–H and O–H groups in total.